The van der Waals surface area contributed by atoms with Crippen LogP contribution < -0.4 is 0 Å². The maximum absolute atomic E-state index is 6.93. The Hall–Kier alpha value is -16.8. The fraction of sp³-hybridized carbons (Fsp3) is 0. The van der Waals surface area contributed by atoms with Gasteiger partial charge in [0.25, 0.3) is 0 Å². The van der Waals surface area contributed by atoms with Crippen molar-refractivity contribution >= 4 is 185 Å². The van der Waals surface area contributed by atoms with Gasteiger partial charge in [-0.3, -0.25) is 0 Å². The molecule has 8 heterocycles. The molecule has 28 aromatic rings. The fourth-order valence-electron chi connectivity index (χ4n) is 20.2. The van der Waals surface area contributed by atoms with Crippen LogP contribution in [0.15, 0.2) is 447 Å². The minimum absolute atomic E-state index is 0.859. The van der Waals surface area contributed by atoms with Gasteiger partial charge >= 0.3 is 0 Å². The highest BCUT2D eigenvalue weighted by molar-refractivity contribution is 7.26. The molecule has 8 heteroatoms. The van der Waals surface area contributed by atoms with Crippen molar-refractivity contribution in [2.45, 2.75) is 0 Å². The van der Waals surface area contributed by atoms with Crippen LogP contribution in [-0.2, 0) is 0 Å². The molecule has 0 aliphatic heterocycles. The SMILES string of the molecule is c1ccc(-c2ccc3oc4ccc(-c5ccc6oc7c(ccc8c7c7cc(-c9ccc%10oc%11ccc(-c%12ccccc%12)cc%11c%10c9)ccc7n8-c7ccccc7)c6c5)cc4c3c2)cc1.c1ccc(-c2ccc3oc4ccc(-c5ccc6sc7c(ccc8c7c7cc(-c9ccc%10oc%11ccc(-c%12ccccc%12)cc%11c%10c9)ccc7n8-c7ccccc7)c6c5)cc4c3c2)cc1. The lowest BCUT2D eigenvalue weighted by atomic mass is 9.98. The van der Waals surface area contributed by atoms with Crippen LogP contribution >= 0.6 is 11.3 Å². The number of para-hydroxylation sites is 2. The summed E-state index contributed by atoms with van der Waals surface area (Å²) >= 11 is 1.89. The van der Waals surface area contributed by atoms with Crippen LogP contribution in [0.1, 0.15) is 0 Å². The molecule has 0 bridgehead atoms. The molecule has 20 aromatic carbocycles. The van der Waals surface area contributed by atoms with Crippen molar-refractivity contribution in [2.24, 2.45) is 0 Å². The molecule has 128 heavy (non-hydrogen) atoms. The van der Waals surface area contributed by atoms with Crippen molar-refractivity contribution in [1.29, 1.82) is 0 Å². The Morgan fingerprint density at radius 3 is 0.719 bits per heavy atom. The van der Waals surface area contributed by atoms with E-state index in [-0.39, 0.29) is 0 Å². The molecule has 0 atom stereocenters. The number of hydrogen-bond donors (Lipinski definition) is 0. The quantitative estimate of drug-likeness (QED) is 0.136. The zero-order valence-electron chi connectivity index (χ0n) is 68.8. The molecule has 28 rings (SSSR count). The van der Waals surface area contributed by atoms with Gasteiger partial charge in [0.15, 0.2) is 0 Å². The van der Waals surface area contributed by atoms with Crippen LogP contribution in [0.5, 0.6) is 0 Å². The third-order valence-electron chi connectivity index (χ3n) is 26.4. The summed E-state index contributed by atoms with van der Waals surface area (Å²) in [5.41, 5.74) is 34.4. The predicted molar refractivity (Wildman–Crippen MR) is 534 cm³/mol. The van der Waals surface area contributed by atoms with Crippen molar-refractivity contribution in [3.8, 4) is 100 Å². The molecule has 0 unspecified atom stereocenters. The van der Waals surface area contributed by atoms with Gasteiger partial charge in [0.05, 0.1) is 27.5 Å². The van der Waals surface area contributed by atoms with Crippen LogP contribution in [0.3, 0.4) is 0 Å². The van der Waals surface area contributed by atoms with E-state index in [2.05, 4.69) is 434 Å². The Balaban J connectivity index is 0.000000132. The zero-order chi connectivity index (χ0) is 83.8. The average Bonchev–Trinajstić information content (AvgIpc) is 1.56. The summed E-state index contributed by atoms with van der Waals surface area (Å²) in [6.45, 7) is 0. The monoisotopic (exact) mass is 1650 g/mol. The lowest BCUT2D eigenvalue weighted by molar-refractivity contribution is 0.668. The van der Waals surface area contributed by atoms with E-state index in [0.717, 1.165) is 171 Å². The van der Waals surface area contributed by atoms with Crippen LogP contribution in [0.4, 0.5) is 0 Å². The molecular weight excluding hydrogens is 1580 g/mol. The standard InChI is InChI=1S/C60H35NO3.C60H35NO2S/c1-4-10-36(11-5-1)38-17-25-54-47(30-38)49-33-42(19-27-56(49)62-54)40-16-23-52-51(35-40)59-53(61(52)44-14-8-3-9-15-44)24-22-45-46-32-41(21-29-58(46)64-60(45)59)43-20-28-57-50(34-43)48-31-39(18-26-55(48)63-57)37-12-6-2-7-13-37;1-4-10-36(11-5-1)38-17-25-54-46(30-38)48-32-41(19-27-56(48)62-54)40-16-23-52-51(35-40)59-53(61(52)44-14-8-3-9-15-44)24-22-45-50-34-43(21-29-58(50)64-60(45)59)42-20-28-57-49(33-42)47-31-39(18-26-55(47)63-57)37-12-6-2-7-13-37/h2*1-35H. The lowest BCUT2D eigenvalue weighted by Gasteiger charge is -2.08. The van der Waals surface area contributed by atoms with Crippen LogP contribution in [0.25, 0.3) is 274 Å². The van der Waals surface area contributed by atoms with Crippen LogP contribution in [0, 0.1) is 0 Å². The van der Waals surface area contributed by atoms with Gasteiger partial charge in [0, 0.05) is 102 Å². The maximum Gasteiger partial charge on any atom is 0.145 e. The number of benzene rings is 20. The van der Waals surface area contributed by atoms with Gasteiger partial charge in [-0.1, -0.05) is 237 Å². The number of fused-ring (bicyclic) bond motifs is 26. The molecule has 0 saturated carbocycles. The van der Waals surface area contributed by atoms with E-state index in [4.69, 9.17) is 22.1 Å². The number of hydrogen-bond acceptors (Lipinski definition) is 6. The number of thiophene rings is 1. The second-order valence-electron chi connectivity index (χ2n) is 33.7. The highest BCUT2D eigenvalue weighted by Crippen LogP contribution is 2.50. The van der Waals surface area contributed by atoms with Crippen molar-refractivity contribution in [3.63, 3.8) is 0 Å². The summed E-state index contributed by atoms with van der Waals surface area (Å²) in [5.74, 6) is 0. The second kappa shape index (κ2) is 28.4. The summed E-state index contributed by atoms with van der Waals surface area (Å²) in [7, 11) is 0. The largest absolute Gasteiger partial charge is 0.456 e. The Morgan fingerprint density at radius 2 is 0.391 bits per heavy atom. The molecule has 8 aromatic heterocycles. The van der Waals surface area contributed by atoms with Gasteiger partial charge < -0.3 is 31.2 Å². The Bertz CT molecular complexity index is 8890. The summed E-state index contributed by atoms with van der Waals surface area (Å²) in [5, 5.41) is 18.4. The molecule has 596 valence electrons. The van der Waals surface area contributed by atoms with Gasteiger partial charge in [0.2, 0.25) is 0 Å². The van der Waals surface area contributed by atoms with Crippen molar-refractivity contribution in [1.82, 2.24) is 9.13 Å². The number of furan rings is 5. The highest BCUT2D eigenvalue weighted by atomic mass is 32.1. The first kappa shape index (κ1) is 71.8. The minimum Gasteiger partial charge on any atom is -0.456 e. The van der Waals surface area contributed by atoms with Gasteiger partial charge in [-0.15, -0.1) is 11.3 Å². The molecular formula is C120H70N2O5S. The summed E-state index contributed by atoms with van der Waals surface area (Å²) in [6, 6.07) is 152. The van der Waals surface area contributed by atoms with Gasteiger partial charge in [0.1, 0.15) is 55.8 Å². The average molecular weight is 1650 g/mol. The topological polar surface area (TPSA) is 75.6 Å². The van der Waals surface area contributed by atoms with Crippen LogP contribution in [-0.4, -0.2) is 9.13 Å². The third-order valence-corrected chi connectivity index (χ3v) is 27.6. The summed E-state index contributed by atoms with van der Waals surface area (Å²) in [6.07, 6.45) is 0. The van der Waals surface area contributed by atoms with E-state index in [0.29, 0.717) is 0 Å². The molecule has 0 fully saturated rings. The summed E-state index contributed by atoms with van der Waals surface area (Å²) in [4.78, 5) is 0. The third kappa shape index (κ3) is 11.5. The van der Waals surface area contributed by atoms with E-state index >= 15 is 0 Å². The number of aromatic nitrogens is 2. The smallest absolute Gasteiger partial charge is 0.145 e. The normalized spacial score (nSPS) is 12.1. The van der Waals surface area contributed by atoms with E-state index in [1.54, 1.807) is 0 Å². The molecule has 0 saturated heterocycles. The molecule has 0 radical (unpaired) electrons. The highest BCUT2D eigenvalue weighted by Gasteiger charge is 2.25. The number of rotatable bonds is 10. The van der Waals surface area contributed by atoms with E-state index < -0.39 is 0 Å². The van der Waals surface area contributed by atoms with E-state index in [1.165, 1.54) is 103 Å². The van der Waals surface area contributed by atoms with Gasteiger partial charge in [-0.2, -0.15) is 0 Å². The Kier molecular flexibility index (Phi) is 15.9. The van der Waals surface area contributed by atoms with Crippen molar-refractivity contribution < 1.29 is 22.1 Å². The van der Waals surface area contributed by atoms with Gasteiger partial charge in [-0.25, -0.2) is 0 Å². The van der Waals surface area contributed by atoms with E-state index in [1.807, 2.05) is 11.3 Å². The predicted octanol–water partition coefficient (Wildman–Crippen LogP) is 34.8. The molecule has 7 nitrogen and oxygen atoms in total. The first-order chi connectivity index (χ1) is 63.4. The summed E-state index contributed by atoms with van der Waals surface area (Å²) < 4.78 is 39.7. The Morgan fingerprint density at radius 1 is 0.156 bits per heavy atom. The van der Waals surface area contributed by atoms with E-state index in [9.17, 15) is 0 Å². The van der Waals surface area contributed by atoms with Crippen molar-refractivity contribution in [3.05, 3.63) is 425 Å². The first-order valence-electron chi connectivity index (χ1n) is 43.4. The van der Waals surface area contributed by atoms with Crippen molar-refractivity contribution in [2.75, 3.05) is 0 Å². The van der Waals surface area contributed by atoms with Gasteiger partial charge in [-0.05, 0) is 277 Å². The maximum atomic E-state index is 6.93. The lowest BCUT2D eigenvalue weighted by Crippen LogP contribution is -1.92. The molecule has 0 amide bonds. The minimum atomic E-state index is 0.859. The Labute approximate surface area is 735 Å². The second-order valence-corrected chi connectivity index (χ2v) is 34.7. The molecule has 0 spiro atoms. The molecule has 0 aliphatic carbocycles. The zero-order valence-corrected chi connectivity index (χ0v) is 69.6. The molecule has 0 N–H and O–H groups in total. The first-order valence-corrected chi connectivity index (χ1v) is 44.2. The molecule has 0 aliphatic rings. The van der Waals surface area contributed by atoms with Crippen LogP contribution in [0.2, 0.25) is 0 Å². The number of nitrogens with zero attached hydrogens (tertiary/aromatic N) is 2. The fourth-order valence-corrected chi connectivity index (χ4v) is 21.4.